The van der Waals surface area contributed by atoms with Gasteiger partial charge in [-0.2, -0.15) is 0 Å². The minimum Gasteiger partial charge on any atom is -0.247 e. The molecule has 3 heteroatoms. The van der Waals surface area contributed by atoms with Gasteiger partial charge in [-0.3, -0.25) is 0 Å². The second-order valence-corrected chi connectivity index (χ2v) is 7.34. The van der Waals surface area contributed by atoms with Crippen molar-refractivity contribution in [1.29, 1.82) is 0 Å². The lowest BCUT2D eigenvalue weighted by atomic mass is 9.83. The molecule has 1 aromatic heterocycles. The minimum absolute atomic E-state index is 0.343. The first-order valence-electron chi connectivity index (χ1n) is 5.97. The van der Waals surface area contributed by atoms with Crippen LogP contribution in [0, 0.1) is 25.2 Å². The summed E-state index contributed by atoms with van der Waals surface area (Å²) >= 11 is 5.49. The summed E-state index contributed by atoms with van der Waals surface area (Å²) in [5, 5.41) is 2.20. The van der Waals surface area contributed by atoms with E-state index in [9.17, 15) is 0 Å². The zero-order chi connectivity index (χ0) is 13.1. The lowest BCUT2D eigenvalue weighted by Gasteiger charge is -2.28. The van der Waals surface area contributed by atoms with Crippen LogP contribution in [0.1, 0.15) is 32.0 Å². The maximum atomic E-state index is 4.57. The predicted octanol–water partition coefficient (Wildman–Crippen LogP) is 4.85. The maximum absolute atomic E-state index is 4.57. The Morgan fingerprint density at radius 2 is 1.94 bits per heavy atom. The van der Waals surface area contributed by atoms with Gasteiger partial charge in [-0.15, -0.1) is 11.8 Å². The molecule has 1 unspecified atom stereocenters. The van der Waals surface area contributed by atoms with Crippen molar-refractivity contribution in [2.75, 3.05) is 11.1 Å². The van der Waals surface area contributed by atoms with Crippen LogP contribution in [-0.4, -0.2) is 16.1 Å². The van der Waals surface area contributed by atoms with Crippen molar-refractivity contribution in [3.05, 3.63) is 23.4 Å². The van der Waals surface area contributed by atoms with Crippen LogP contribution in [0.2, 0.25) is 0 Å². The van der Waals surface area contributed by atoms with Crippen LogP contribution < -0.4 is 0 Å². The molecule has 1 heterocycles. The zero-order valence-corrected chi connectivity index (χ0v) is 13.8. The number of rotatable bonds is 4. The van der Waals surface area contributed by atoms with E-state index >= 15 is 0 Å². The van der Waals surface area contributed by atoms with Crippen LogP contribution in [0.3, 0.4) is 0 Å². The summed E-state index contributed by atoms with van der Waals surface area (Å²) in [7, 11) is 0. The first-order chi connectivity index (χ1) is 7.82. The van der Waals surface area contributed by atoms with E-state index in [-0.39, 0.29) is 0 Å². The van der Waals surface area contributed by atoms with E-state index < -0.39 is 0 Å². The Balaban J connectivity index is 2.66. The third-order valence-corrected chi connectivity index (χ3v) is 4.77. The Morgan fingerprint density at radius 1 is 1.29 bits per heavy atom. The SMILES string of the molecule is Cc1cc(C)nc(SCC(CBr)C(C)(C)C)c1. The summed E-state index contributed by atoms with van der Waals surface area (Å²) in [6.45, 7) is 11.1. The molecule has 0 bridgehead atoms. The summed E-state index contributed by atoms with van der Waals surface area (Å²) in [6.07, 6.45) is 0. The third-order valence-electron chi connectivity index (χ3n) is 2.92. The van der Waals surface area contributed by atoms with Crippen LogP contribution in [0.5, 0.6) is 0 Å². The summed E-state index contributed by atoms with van der Waals surface area (Å²) < 4.78 is 0. The predicted molar refractivity (Wildman–Crippen MR) is 81.2 cm³/mol. The van der Waals surface area contributed by atoms with Crippen molar-refractivity contribution in [1.82, 2.24) is 4.98 Å². The van der Waals surface area contributed by atoms with Crippen LogP contribution in [0.4, 0.5) is 0 Å². The molecule has 0 saturated carbocycles. The highest BCUT2D eigenvalue weighted by molar-refractivity contribution is 9.09. The number of alkyl halides is 1. The molecule has 0 spiro atoms. The van der Waals surface area contributed by atoms with Gasteiger partial charge < -0.3 is 0 Å². The van der Waals surface area contributed by atoms with Crippen molar-refractivity contribution in [3.63, 3.8) is 0 Å². The first kappa shape index (κ1) is 15.0. The quantitative estimate of drug-likeness (QED) is 0.582. The van der Waals surface area contributed by atoms with Gasteiger partial charge in [0.2, 0.25) is 0 Å². The monoisotopic (exact) mass is 315 g/mol. The van der Waals surface area contributed by atoms with Crippen molar-refractivity contribution < 1.29 is 0 Å². The van der Waals surface area contributed by atoms with E-state index in [1.807, 2.05) is 11.8 Å². The first-order valence-corrected chi connectivity index (χ1v) is 8.07. The highest BCUT2D eigenvalue weighted by Crippen LogP contribution is 2.32. The molecule has 0 fully saturated rings. The summed E-state index contributed by atoms with van der Waals surface area (Å²) in [5.41, 5.74) is 2.75. The Bertz CT molecular complexity index is 351. The van der Waals surface area contributed by atoms with Crippen LogP contribution in [0.15, 0.2) is 17.2 Å². The molecule has 0 amide bonds. The number of halogens is 1. The zero-order valence-electron chi connectivity index (χ0n) is 11.4. The van der Waals surface area contributed by atoms with E-state index in [2.05, 4.69) is 67.7 Å². The minimum atomic E-state index is 0.343. The topological polar surface area (TPSA) is 12.9 Å². The summed E-state index contributed by atoms with van der Waals surface area (Å²) in [4.78, 5) is 4.57. The van der Waals surface area contributed by atoms with E-state index in [4.69, 9.17) is 0 Å². The van der Waals surface area contributed by atoms with Crippen molar-refractivity contribution in [3.8, 4) is 0 Å². The number of hydrogen-bond donors (Lipinski definition) is 0. The lowest BCUT2D eigenvalue weighted by molar-refractivity contribution is 0.295. The van der Waals surface area contributed by atoms with E-state index in [1.54, 1.807) is 0 Å². The Morgan fingerprint density at radius 3 is 2.41 bits per heavy atom. The smallest absolute Gasteiger partial charge is 0.0965 e. The fraction of sp³-hybridized carbons (Fsp3) is 0.643. The van der Waals surface area contributed by atoms with Crippen molar-refractivity contribution >= 4 is 27.7 Å². The second-order valence-electron chi connectivity index (χ2n) is 5.65. The highest BCUT2D eigenvalue weighted by Gasteiger charge is 2.23. The van der Waals surface area contributed by atoms with Gasteiger partial charge in [-0.05, 0) is 42.9 Å². The molecule has 1 atom stereocenters. The van der Waals surface area contributed by atoms with Gasteiger partial charge in [0.25, 0.3) is 0 Å². The molecule has 0 saturated heterocycles. The average Bonchev–Trinajstić information content (AvgIpc) is 2.14. The molecular formula is C14H22BrNS. The highest BCUT2D eigenvalue weighted by atomic mass is 79.9. The number of aryl methyl sites for hydroxylation is 2. The molecule has 0 N–H and O–H groups in total. The fourth-order valence-electron chi connectivity index (χ4n) is 1.59. The average molecular weight is 316 g/mol. The molecule has 0 aliphatic carbocycles. The molecule has 1 rings (SSSR count). The molecule has 0 aliphatic rings. The molecule has 0 aromatic carbocycles. The van der Waals surface area contributed by atoms with Gasteiger partial charge in [0.1, 0.15) is 0 Å². The Labute approximate surface area is 118 Å². The normalized spacial score (nSPS) is 13.8. The summed E-state index contributed by atoms with van der Waals surface area (Å²) in [6, 6.07) is 4.29. The molecular weight excluding hydrogens is 294 g/mol. The van der Waals surface area contributed by atoms with Gasteiger partial charge >= 0.3 is 0 Å². The number of hydrogen-bond acceptors (Lipinski definition) is 2. The van der Waals surface area contributed by atoms with Gasteiger partial charge in [0.05, 0.1) is 5.03 Å². The van der Waals surface area contributed by atoms with E-state index in [0.717, 1.165) is 21.8 Å². The number of nitrogens with zero attached hydrogens (tertiary/aromatic N) is 1. The molecule has 96 valence electrons. The molecule has 0 aliphatic heterocycles. The van der Waals surface area contributed by atoms with Crippen LogP contribution in [-0.2, 0) is 0 Å². The third kappa shape index (κ3) is 5.01. The van der Waals surface area contributed by atoms with Gasteiger partial charge in [-0.25, -0.2) is 4.98 Å². The van der Waals surface area contributed by atoms with Gasteiger partial charge in [0, 0.05) is 16.8 Å². The second kappa shape index (κ2) is 6.24. The standard InChI is InChI=1S/C14H22BrNS/c1-10-6-11(2)16-13(7-10)17-9-12(8-15)14(3,4)5/h6-7,12H,8-9H2,1-5H3. The molecule has 17 heavy (non-hydrogen) atoms. The summed E-state index contributed by atoms with van der Waals surface area (Å²) in [5.74, 6) is 1.78. The molecule has 1 aromatic rings. The molecule has 1 nitrogen and oxygen atoms in total. The van der Waals surface area contributed by atoms with Crippen LogP contribution >= 0.6 is 27.7 Å². The van der Waals surface area contributed by atoms with Gasteiger partial charge in [0.15, 0.2) is 0 Å². The lowest BCUT2D eigenvalue weighted by Crippen LogP contribution is -2.24. The number of pyridine rings is 1. The fourth-order valence-corrected chi connectivity index (χ4v) is 4.56. The molecule has 0 radical (unpaired) electrons. The Kier molecular flexibility index (Phi) is 5.52. The largest absolute Gasteiger partial charge is 0.247 e. The Hall–Kier alpha value is -0.0200. The number of aromatic nitrogens is 1. The maximum Gasteiger partial charge on any atom is 0.0965 e. The van der Waals surface area contributed by atoms with E-state index in [1.165, 1.54) is 5.56 Å². The van der Waals surface area contributed by atoms with Crippen LogP contribution in [0.25, 0.3) is 0 Å². The van der Waals surface area contributed by atoms with E-state index in [0.29, 0.717) is 11.3 Å². The number of thioether (sulfide) groups is 1. The van der Waals surface area contributed by atoms with Crippen molar-refractivity contribution in [2.24, 2.45) is 11.3 Å². The van der Waals surface area contributed by atoms with Crippen molar-refractivity contribution in [2.45, 2.75) is 39.6 Å². The van der Waals surface area contributed by atoms with Gasteiger partial charge in [-0.1, -0.05) is 36.7 Å².